The van der Waals surface area contributed by atoms with Crippen LogP contribution in [0.15, 0.2) is 29.3 Å². The van der Waals surface area contributed by atoms with Gasteiger partial charge in [0.15, 0.2) is 0 Å². The molecule has 0 aliphatic heterocycles. The van der Waals surface area contributed by atoms with E-state index in [9.17, 15) is 4.79 Å². The normalized spacial score (nSPS) is 10.6. The van der Waals surface area contributed by atoms with E-state index in [1.54, 1.807) is 13.2 Å². The number of aryl methyl sites for hydroxylation is 3. The molecule has 0 aliphatic carbocycles. The van der Waals surface area contributed by atoms with E-state index in [1.807, 2.05) is 6.20 Å². The Bertz CT molecular complexity index is 609. The van der Waals surface area contributed by atoms with Gasteiger partial charge in [0.25, 0.3) is 0 Å². The summed E-state index contributed by atoms with van der Waals surface area (Å²) in [5.41, 5.74) is 4.33. The van der Waals surface area contributed by atoms with Crippen LogP contribution in [0.3, 0.4) is 0 Å². The van der Waals surface area contributed by atoms with Crippen molar-refractivity contribution in [3.8, 4) is 11.1 Å². The molecular weight excluding hydrogens is 327 g/mol. The van der Waals surface area contributed by atoms with Crippen LogP contribution in [0.2, 0.25) is 0 Å². The number of halogens is 1. The Morgan fingerprint density at radius 2 is 1.76 bits per heavy atom. The Balaban J connectivity index is 2.61. The molecule has 4 heteroatoms. The SMILES string of the molecule is Cc1cc(-c2cnc(=O)n(C)c2)cc(C)c1I. The Morgan fingerprint density at radius 3 is 2.29 bits per heavy atom. The lowest BCUT2D eigenvalue weighted by Crippen LogP contribution is -2.18. The minimum Gasteiger partial charge on any atom is -0.302 e. The van der Waals surface area contributed by atoms with Crippen LogP contribution < -0.4 is 5.69 Å². The van der Waals surface area contributed by atoms with Gasteiger partial charge in [-0.1, -0.05) is 12.1 Å². The number of benzene rings is 1. The Morgan fingerprint density at radius 1 is 1.18 bits per heavy atom. The van der Waals surface area contributed by atoms with Crippen LogP contribution in [0.1, 0.15) is 11.1 Å². The number of hydrogen-bond acceptors (Lipinski definition) is 2. The number of aromatic nitrogens is 2. The summed E-state index contributed by atoms with van der Waals surface area (Å²) >= 11 is 2.35. The largest absolute Gasteiger partial charge is 0.347 e. The summed E-state index contributed by atoms with van der Waals surface area (Å²) in [7, 11) is 1.71. The van der Waals surface area contributed by atoms with Crippen LogP contribution in [0.5, 0.6) is 0 Å². The summed E-state index contributed by atoms with van der Waals surface area (Å²) in [6.45, 7) is 4.18. The van der Waals surface area contributed by atoms with Gasteiger partial charge >= 0.3 is 5.69 Å². The van der Waals surface area contributed by atoms with Gasteiger partial charge in [0.1, 0.15) is 0 Å². The third-order valence-corrected chi connectivity index (χ3v) is 4.42. The Kier molecular flexibility index (Phi) is 3.33. The first kappa shape index (κ1) is 12.3. The first-order valence-corrected chi connectivity index (χ1v) is 6.36. The zero-order chi connectivity index (χ0) is 12.6. The van der Waals surface area contributed by atoms with E-state index in [1.165, 1.54) is 19.3 Å². The second-order valence-corrected chi connectivity index (χ2v) is 5.24. The average molecular weight is 340 g/mol. The lowest BCUT2D eigenvalue weighted by molar-refractivity contribution is 0.812. The van der Waals surface area contributed by atoms with Gasteiger partial charge in [-0.2, -0.15) is 0 Å². The van der Waals surface area contributed by atoms with Crippen molar-refractivity contribution in [1.29, 1.82) is 0 Å². The first-order chi connectivity index (χ1) is 7.99. The van der Waals surface area contributed by atoms with Gasteiger partial charge < -0.3 is 4.57 Å². The molecular formula is C13H13IN2O. The van der Waals surface area contributed by atoms with Crippen LogP contribution in [0, 0.1) is 17.4 Å². The van der Waals surface area contributed by atoms with E-state index >= 15 is 0 Å². The second-order valence-electron chi connectivity index (χ2n) is 4.16. The molecule has 0 aliphatic rings. The Labute approximate surface area is 114 Å². The minimum absolute atomic E-state index is 0.229. The summed E-state index contributed by atoms with van der Waals surface area (Å²) in [6.07, 6.45) is 3.44. The fourth-order valence-corrected chi connectivity index (χ4v) is 2.09. The fraction of sp³-hybridized carbons (Fsp3) is 0.231. The maximum atomic E-state index is 11.2. The average Bonchev–Trinajstić information content (AvgIpc) is 2.29. The van der Waals surface area contributed by atoms with E-state index in [2.05, 4.69) is 53.6 Å². The lowest BCUT2D eigenvalue weighted by Gasteiger charge is -2.08. The molecule has 1 aromatic carbocycles. The van der Waals surface area contributed by atoms with E-state index in [0.717, 1.165) is 11.1 Å². The van der Waals surface area contributed by atoms with E-state index < -0.39 is 0 Å². The molecule has 0 fully saturated rings. The van der Waals surface area contributed by atoms with Crippen LogP contribution >= 0.6 is 22.6 Å². The molecule has 0 N–H and O–H groups in total. The van der Waals surface area contributed by atoms with Crippen molar-refractivity contribution in [2.45, 2.75) is 13.8 Å². The molecule has 88 valence electrons. The standard InChI is InChI=1S/C13H13IN2O/c1-8-4-10(5-9(2)12(8)14)11-6-15-13(17)16(3)7-11/h4-7H,1-3H3. The van der Waals surface area contributed by atoms with Crippen LogP contribution in [0.25, 0.3) is 11.1 Å². The summed E-state index contributed by atoms with van der Waals surface area (Å²) in [5.74, 6) is 0. The van der Waals surface area contributed by atoms with E-state index in [-0.39, 0.29) is 5.69 Å². The molecule has 0 radical (unpaired) electrons. The zero-order valence-electron chi connectivity index (χ0n) is 9.99. The quantitative estimate of drug-likeness (QED) is 0.748. The van der Waals surface area contributed by atoms with Crippen LogP contribution in [-0.4, -0.2) is 9.55 Å². The zero-order valence-corrected chi connectivity index (χ0v) is 12.1. The van der Waals surface area contributed by atoms with Gasteiger partial charge in [-0.05, 0) is 53.1 Å². The van der Waals surface area contributed by atoms with Crippen molar-refractivity contribution in [2.75, 3.05) is 0 Å². The molecule has 0 amide bonds. The topological polar surface area (TPSA) is 34.9 Å². The van der Waals surface area contributed by atoms with Gasteiger partial charge in [0, 0.05) is 28.6 Å². The smallest absolute Gasteiger partial charge is 0.302 e. The van der Waals surface area contributed by atoms with Crippen LogP contribution in [0.4, 0.5) is 0 Å². The van der Waals surface area contributed by atoms with E-state index in [0.29, 0.717) is 0 Å². The molecule has 2 aromatic rings. The first-order valence-electron chi connectivity index (χ1n) is 5.29. The molecule has 1 aromatic heterocycles. The van der Waals surface area contributed by atoms with Gasteiger partial charge in [-0.3, -0.25) is 0 Å². The van der Waals surface area contributed by atoms with Gasteiger partial charge in [0.05, 0.1) is 0 Å². The molecule has 0 saturated heterocycles. The predicted octanol–water partition coefficient (Wildman–Crippen LogP) is 2.67. The monoisotopic (exact) mass is 340 g/mol. The lowest BCUT2D eigenvalue weighted by atomic mass is 10.0. The van der Waals surface area contributed by atoms with Gasteiger partial charge in [0.2, 0.25) is 0 Å². The maximum Gasteiger partial charge on any atom is 0.347 e. The highest BCUT2D eigenvalue weighted by atomic mass is 127. The fourth-order valence-electron chi connectivity index (χ4n) is 1.77. The highest BCUT2D eigenvalue weighted by Crippen LogP contribution is 2.25. The highest BCUT2D eigenvalue weighted by Gasteiger charge is 2.05. The molecule has 0 unspecified atom stereocenters. The molecule has 3 nitrogen and oxygen atoms in total. The molecule has 0 saturated carbocycles. The molecule has 1 heterocycles. The summed E-state index contributed by atoms with van der Waals surface area (Å²) in [6, 6.07) is 4.24. The summed E-state index contributed by atoms with van der Waals surface area (Å²) in [4.78, 5) is 15.1. The molecule has 2 rings (SSSR count). The molecule has 0 atom stereocenters. The maximum absolute atomic E-state index is 11.2. The van der Waals surface area contributed by atoms with Crippen molar-refractivity contribution in [1.82, 2.24) is 9.55 Å². The van der Waals surface area contributed by atoms with E-state index in [4.69, 9.17) is 0 Å². The number of rotatable bonds is 1. The third-order valence-electron chi connectivity index (χ3n) is 2.72. The summed E-state index contributed by atoms with van der Waals surface area (Å²) < 4.78 is 2.78. The Hall–Kier alpha value is -1.17. The summed E-state index contributed by atoms with van der Waals surface area (Å²) in [5, 5.41) is 0. The highest BCUT2D eigenvalue weighted by molar-refractivity contribution is 14.1. The van der Waals surface area contributed by atoms with Crippen molar-refractivity contribution < 1.29 is 0 Å². The van der Waals surface area contributed by atoms with Crippen molar-refractivity contribution in [3.05, 3.63) is 49.7 Å². The molecule has 0 spiro atoms. The van der Waals surface area contributed by atoms with Gasteiger partial charge in [-0.15, -0.1) is 0 Å². The third kappa shape index (κ3) is 2.41. The molecule has 0 bridgehead atoms. The number of nitrogens with zero attached hydrogens (tertiary/aromatic N) is 2. The second kappa shape index (κ2) is 4.60. The number of hydrogen-bond donors (Lipinski definition) is 0. The van der Waals surface area contributed by atoms with Crippen LogP contribution in [-0.2, 0) is 7.05 Å². The van der Waals surface area contributed by atoms with Crippen molar-refractivity contribution in [2.24, 2.45) is 7.05 Å². The predicted molar refractivity (Wildman–Crippen MR) is 77.1 cm³/mol. The van der Waals surface area contributed by atoms with Gasteiger partial charge in [-0.25, -0.2) is 9.78 Å². The minimum atomic E-state index is -0.229. The molecule has 17 heavy (non-hydrogen) atoms. The van der Waals surface area contributed by atoms with Crippen molar-refractivity contribution in [3.63, 3.8) is 0 Å². The van der Waals surface area contributed by atoms with Crippen molar-refractivity contribution >= 4 is 22.6 Å².